The van der Waals surface area contributed by atoms with Crippen LogP contribution in [0.2, 0.25) is 0 Å². The zero-order valence-corrected chi connectivity index (χ0v) is 10.6. The highest BCUT2D eigenvalue weighted by molar-refractivity contribution is 5.91. The summed E-state index contributed by atoms with van der Waals surface area (Å²) in [5.74, 6) is 2.77. The monoisotopic (exact) mass is 218 g/mol. The molecule has 1 saturated carbocycles. The molecule has 0 amide bonds. The summed E-state index contributed by atoms with van der Waals surface area (Å²) in [4.78, 5) is 11.6. The average Bonchev–Trinajstić information content (AvgIpc) is 2.15. The van der Waals surface area contributed by atoms with Crippen LogP contribution in [0.5, 0.6) is 0 Å². The topological polar surface area (TPSA) is 17.1 Å². The molecular weight excluding hydrogens is 196 g/mol. The van der Waals surface area contributed by atoms with Crippen LogP contribution in [0.4, 0.5) is 0 Å². The Hall–Kier alpha value is -0.850. The first-order valence-electron chi connectivity index (χ1n) is 6.39. The SMILES string of the molecule is C=C(C)C1CCC2=CC(=O)CC(C)C2[C@@H]1C. The fraction of sp³-hybridized carbons (Fsp3) is 0.667. The Labute approximate surface area is 98.6 Å². The molecule has 1 heteroatoms. The molecular formula is C15H22O. The third-order valence-corrected chi connectivity index (χ3v) is 4.49. The maximum atomic E-state index is 11.6. The number of carbonyl (C=O) groups is 1. The fourth-order valence-corrected chi connectivity index (χ4v) is 3.80. The maximum absolute atomic E-state index is 11.6. The van der Waals surface area contributed by atoms with Crippen molar-refractivity contribution in [2.75, 3.05) is 0 Å². The lowest BCUT2D eigenvalue weighted by Crippen LogP contribution is -2.36. The Morgan fingerprint density at radius 3 is 2.75 bits per heavy atom. The molecule has 0 aromatic heterocycles. The van der Waals surface area contributed by atoms with E-state index in [1.807, 2.05) is 6.08 Å². The fourth-order valence-electron chi connectivity index (χ4n) is 3.80. The van der Waals surface area contributed by atoms with E-state index < -0.39 is 0 Å². The minimum Gasteiger partial charge on any atom is -0.295 e. The highest BCUT2D eigenvalue weighted by atomic mass is 16.1. The van der Waals surface area contributed by atoms with Crippen molar-refractivity contribution in [3.63, 3.8) is 0 Å². The van der Waals surface area contributed by atoms with Crippen molar-refractivity contribution in [3.05, 3.63) is 23.8 Å². The van der Waals surface area contributed by atoms with Crippen LogP contribution in [-0.4, -0.2) is 5.78 Å². The van der Waals surface area contributed by atoms with Crippen LogP contribution in [0.3, 0.4) is 0 Å². The molecule has 0 bridgehead atoms. The second-order valence-electron chi connectivity index (χ2n) is 5.74. The van der Waals surface area contributed by atoms with Crippen molar-refractivity contribution in [3.8, 4) is 0 Å². The Kier molecular flexibility index (Phi) is 3.05. The number of allylic oxidation sites excluding steroid dienone is 3. The van der Waals surface area contributed by atoms with Gasteiger partial charge in [-0.15, -0.1) is 0 Å². The van der Waals surface area contributed by atoms with Gasteiger partial charge in [0.05, 0.1) is 0 Å². The van der Waals surface area contributed by atoms with Gasteiger partial charge in [0, 0.05) is 6.42 Å². The third kappa shape index (κ3) is 1.88. The third-order valence-electron chi connectivity index (χ3n) is 4.49. The Bertz CT molecular complexity index is 350. The van der Waals surface area contributed by atoms with E-state index in [1.165, 1.54) is 17.6 Å². The van der Waals surface area contributed by atoms with E-state index >= 15 is 0 Å². The zero-order valence-electron chi connectivity index (χ0n) is 10.6. The highest BCUT2D eigenvalue weighted by Gasteiger charge is 2.39. The van der Waals surface area contributed by atoms with E-state index in [2.05, 4.69) is 27.4 Å². The van der Waals surface area contributed by atoms with Gasteiger partial charge in [0.15, 0.2) is 5.78 Å². The molecule has 1 fully saturated rings. The van der Waals surface area contributed by atoms with Crippen LogP contribution >= 0.6 is 0 Å². The summed E-state index contributed by atoms with van der Waals surface area (Å²) in [5, 5.41) is 0. The van der Waals surface area contributed by atoms with Crippen molar-refractivity contribution < 1.29 is 4.79 Å². The van der Waals surface area contributed by atoms with Gasteiger partial charge < -0.3 is 0 Å². The van der Waals surface area contributed by atoms with Crippen LogP contribution in [0, 0.1) is 23.7 Å². The summed E-state index contributed by atoms with van der Waals surface area (Å²) in [7, 11) is 0. The predicted molar refractivity (Wildman–Crippen MR) is 67.1 cm³/mol. The van der Waals surface area contributed by atoms with Crippen LogP contribution in [-0.2, 0) is 4.79 Å². The molecule has 0 N–H and O–H groups in total. The minimum absolute atomic E-state index is 0.333. The molecule has 1 nitrogen and oxygen atoms in total. The van der Waals surface area contributed by atoms with Gasteiger partial charge in [-0.2, -0.15) is 0 Å². The molecule has 0 aliphatic heterocycles. The highest BCUT2D eigenvalue weighted by Crippen LogP contribution is 2.47. The van der Waals surface area contributed by atoms with Gasteiger partial charge in [0.2, 0.25) is 0 Å². The number of fused-ring (bicyclic) bond motifs is 1. The smallest absolute Gasteiger partial charge is 0.155 e. The maximum Gasteiger partial charge on any atom is 0.155 e. The molecule has 0 spiro atoms. The summed E-state index contributed by atoms with van der Waals surface area (Å²) < 4.78 is 0. The standard InChI is InChI=1S/C15H22O/c1-9(2)14-6-5-12-8-13(16)7-10(3)15(12)11(14)4/h8,10-11,14-15H,1,5-7H2,2-4H3/t10?,11-,14?,15?/m1/s1. The van der Waals surface area contributed by atoms with Crippen LogP contribution in [0.25, 0.3) is 0 Å². The van der Waals surface area contributed by atoms with Gasteiger partial charge >= 0.3 is 0 Å². The van der Waals surface area contributed by atoms with Crippen molar-refractivity contribution in [1.82, 2.24) is 0 Å². The van der Waals surface area contributed by atoms with E-state index in [0.717, 1.165) is 12.8 Å². The first-order chi connectivity index (χ1) is 7.50. The molecule has 2 aliphatic rings. The summed E-state index contributed by atoms with van der Waals surface area (Å²) in [6.45, 7) is 10.8. The lowest BCUT2D eigenvalue weighted by atomic mass is 9.61. The number of ketones is 1. The molecule has 0 heterocycles. The summed E-state index contributed by atoms with van der Waals surface area (Å²) >= 11 is 0. The van der Waals surface area contributed by atoms with Crippen molar-refractivity contribution in [2.24, 2.45) is 23.7 Å². The Morgan fingerprint density at radius 2 is 2.12 bits per heavy atom. The van der Waals surface area contributed by atoms with Gasteiger partial charge in [-0.1, -0.05) is 31.6 Å². The van der Waals surface area contributed by atoms with E-state index in [4.69, 9.17) is 0 Å². The van der Waals surface area contributed by atoms with Crippen molar-refractivity contribution in [1.29, 1.82) is 0 Å². The van der Waals surface area contributed by atoms with Crippen LogP contribution < -0.4 is 0 Å². The Balaban J connectivity index is 2.27. The molecule has 0 saturated heterocycles. The molecule has 16 heavy (non-hydrogen) atoms. The van der Waals surface area contributed by atoms with Gasteiger partial charge in [-0.25, -0.2) is 0 Å². The molecule has 88 valence electrons. The minimum atomic E-state index is 0.333. The molecule has 0 radical (unpaired) electrons. The predicted octanol–water partition coefficient (Wildman–Crippen LogP) is 3.76. The average molecular weight is 218 g/mol. The van der Waals surface area contributed by atoms with Crippen molar-refractivity contribution >= 4 is 5.78 Å². The summed E-state index contributed by atoms with van der Waals surface area (Å²) in [5.41, 5.74) is 2.73. The van der Waals surface area contributed by atoms with Gasteiger partial charge in [0.25, 0.3) is 0 Å². The quantitative estimate of drug-likeness (QED) is 0.612. The number of hydrogen-bond donors (Lipinski definition) is 0. The lowest BCUT2D eigenvalue weighted by Gasteiger charge is -2.43. The molecule has 2 aliphatic carbocycles. The molecule has 0 aromatic carbocycles. The number of hydrogen-bond acceptors (Lipinski definition) is 1. The van der Waals surface area contributed by atoms with E-state index in [0.29, 0.717) is 29.5 Å². The second kappa shape index (κ2) is 4.20. The largest absolute Gasteiger partial charge is 0.295 e. The van der Waals surface area contributed by atoms with Crippen molar-refractivity contribution in [2.45, 2.75) is 40.0 Å². The first kappa shape index (κ1) is 11.6. The van der Waals surface area contributed by atoms with Gasteiger partial charge in [-0.05, 0) is 49.5 Å². The molecule has 2 rings (SSSR count). The first-order valence-corrected chi connectivity index (χ1v) is 6.39. The molecule has 4 atom stereocenters. The van der Waals surface area contributed by atoms with Gasteiger partial charge in [-0.3, -0.25) is 4.79 Å². The van der Waals surface area contributed by atoms with E-state index in [1.54, 1.807) is 0 Å². The molecule has 3 unspecified atom stereocenters. The van der Waals surface area contributed by atoms with E-state index in [9.17, 15) is 4.79 Å². The Morgan fingerprint density at radius 1 is 1.44 bits per heavy atom. The normalized spacial score (nSPS) is 38.9. The number of carbonyl (C=O) groups excluding carboxylic acids is 1. The summed E-state index contributed by atoms with van der Waals surface area (Å²) in [6.07, 6.45) is 4.94. The number of rotatable bonds is 1. The van der Waals surface area contributed by atoms with E-state index in [-0.39, 0.29) is 0 Å². The summed E-state index contributed by atoms with van der Waals surface area (Å²) in [6, 6.07) is 0. The van der Waals surface area contributed by atoms with Gasteiger partial charge in [0.1, 0.15) is 0 Å². The lowest BCUT2D eigenvalue weighted by molar-refractivity contribution is -0.116. The molecule has 0 aromatic rings. The van der Waals surface area contributed by atoms with Crippen LogP contribution in [0.15, 0.2) is 23.8 Å². The van der Waals surface area contributed by atoms with Crippen LogP contribution in [0.1, 0.15) is 40.0 Å². The zero-order chi connectivity index (χ0) is 11.9. The second-order valence-corrected chi connectivity index (χ2v) is 5.74.